The number of hydrogen-bond acceptors (Lipinski definition) is 8. The maximum Gasteiger partial charge on any atom is 0.341 e. The molecule has 3 aromatic heterocycles. The Hall–Kier alpha value is -3.47. The number of esters is 1. The van der Waals surface area contributed by atoms with Gasteiger partial charge in [-0.15, -0.1) is 32.9 Å². The van der Waals surface area contributed by atoms with Crippen molar-refractivity contribution in [3.63, 3.8) is 0 Å². The zero-order valence-electron chi connectivity index (χ0n) is 21.4. The van der Waals surface area contributed by atoms with Crippen LogP contribution in [0.3, 0.4) is 0 Å². The molecule has 3 heterocycles. The molecule has 38 heavy (non-hydrogen) atoms. The van der Waals surface area contributed by atoms with Crippen LogP contribution in [0, 0.1) is 13.8 Å². The van der Waals surface area contributed by atoms with E-state index in [0.717, 1.165) is 39.0 Å². The molecule has 1 N–H and O–H groups in total. The fourth-order valence-corrected chi connectivity index (χ4v) is 7.01. The maximum atomic E-state index is 13.0. The fourth-order valence-electron chi connectivity index (χ4n) is 4.30. The van der Waals surface area contributed by atoms with Crippen LogP contribution in [-0.2, 0) is 16.1 Å². The van der Waals surface area contributed by atoms with Crippen LogP contribution in [0.2, 0.25) is 0 Å². The minimum absolute atomic E-state index is 0.125. The average molecular weight is 563 g/mol. The Morgan fingerprint density at radius 2 is 1.82 bits per heavy atom. The number of thiophene rings is 2. The highest BCUT2D eigenvalue weighted by molar-refractivity contribution is 7.99. The average Bonchev–Trinajstić information content (AvgIpc) is 3.64. The zero-order valence-corrected chi connectivity index (χ0v) is 23.9. The van der Waals surface area contributed by atoms with E-state index in [1.165, 1.54) is 34.9 Å². The summed E-state index contributed by atoms with van der Waals surface area (Å²) in [6.45, 7) is 6.72. The smallest absolute Gasteiger partial charge is 0.341 e. The second-order valence-electron chi connectivity index (χ2n) is 8.70. The molecule has 0 unspecified atom stereocenters. The van der Waals surface area contributed by atoms with Gasteiger partial charge in [0.2, 0.25) is 5.91 Å². The number of benzene rings is 2. The van der Waals surface area contributed by atoms with Crippen molar-refractivity contribution in [3.8, 4) is 22.5 Å². The number of carbonyl (C=O) groups excluding carboxylic acids is 2. The molecule has 7 nitrogen and oxygen atoms in total. The molecule has 0 atom stereocenters. The predicted molar refractivity (Wildman–Crippen MR) is 156 cm³/mol. The normalized spacial score (nSPS) is 11.2. The van der Waals surface area contributed by atoms with Crippen LogP contribution in [0.1, 0.15) is 28.4 Å². The minimum Gasteiger partial charge on any atom is -0.465 e. The number of thioether (sulfide) groups is 1. The summed E-state index contributed by atoms with van der Waals surface area (Å²) in [6, 6.07) is 14.3. The SMILES string of the molecule is CCn1c(SCC(=O)Nc2scc(-c3cc(C)ccc3C)c2C(=O)OC)nnc1-c1csc2ccccc12. The largest absolute Gasteiger partial charge is 0.465 e. The Bertz CT molecular complexity index is 1650. The van der Waals surface area contributed by atoms with Gasteiger partial charge in [-0.05, 0) is 38.0 Å². The molecule has 2 aromatic carbocycles. The minimum atomic E-state index is -0.483. The number of carbonyl (C=O) groups is 2. The van der Waals surface area contributed by atoms with E-state index in [0.29, 0.717) is 22.3 Å². The number of nitrogens with one attached hydrogen (secondary N) is 1. The van der Waals surface area contributed by atoms with Gasteiger partial charge in [-0.1, -0.05) is 53.7 Å². The summed E-state index contributed by atoms with van der Waals surface area (Å²) in [4.78, 5) is 25.7. The van der Waals surface area contributed by atoms with Gasteiger partial charge in [0, 0.05) is 38.5 Å². The predicted octanol–water partition coefficient (Wildman–Crippen LogP) is 7.04. The lowest BCUT2D eigenvalue weighted by Gasteiger charge is -2.10. The van der Waals surface area contributed by atoms with Crippen molar-refractivity contribution in [2.75, 3.05) is 18.2 Å². The van der Waals surface area contributed by atoms with E-state index in [9.17, 15) is 9.59 Å². The standard InChI is InChI=1S/C28H26N4O3S3/c1-5-32-25(21-14-36-22-9-7-6-8-18(21)22)30-31-28(32)38-15-23(33)29-26-24(27(34)35-4)20(13-37-26)19-12-16(2)10-11-17(19)3/h6-14H,5,15H2,1-4H3,(H,29,33). The van der Waals surface area contributed by atoms with Crippen LogP contribution in [0.25, 0.3) is 32.6 Å². The first kappa shape index (κ1) is 26.1. The lowest BCUT2D eigenvalue weighted by atomic mass is 9.97. The van der Waals surface area contributed by atoms with Crippen LogP contribution >= 0.6 is 34.4 Å². The lowest BCUT2D eigenvalue weighted by molar-refractivity contribution is -0.113. The van der Waals surface area contributed by atoms with E-state index in [4.69, 9.17) is 4.74 Å². The second kappa shape index (κ2) is 11.1. The maximum absolute atomic E-state index is 13.0. The molecule has 5 rings (SSSR count). The summed E-state index contributed by atoms with van der Waals surface area (Å²) in [5, 5.41) is 18.0. The topological polar surface area (TPSA) is 86.1 Å². The number of amides is 1. The molecule has 0 saturated carbocycles. The van der Waals surface area contributed by atoms with Gasteiger partial charge in [0.25, 0.3) is 0 Å². The van der Waals surface area contributed by atoms with E-state index < -0.39 is 5.97 Å². The molecule has 5 aromatic rings. The Morgan fingerprint density at radius 1 is 1.03 bits per heavy atom. The first-order valence-electron chi connectivity index (χ1n) is 12.0. The molecule has 0 spiro atoms. The molecular formula is C28H26N4O3S3. The fraction of sp³-hybridized carbons (Fsp3) is 0.214. The van der Waals surface area contributed by atoms with Crippen molar-refractivity contribution >= 4 is 61.4 Å². The van der Waals surface area contributed by atoms with Gasteiger partial charge in [0.1, 0.15) is 10.6 Å². The van der Waals surface area contributed by atoms with E-state index in [-0.39, 0.29) is 11.7 Å². The van der Waals surface area contributed by atoms with Crippen molar-refractivity contribution < 1.29 is 14.3 Å². The van der Waals surface area contributed by atoms with Crippen LogP contribution in [0.5, 0.6) is 0 Å². The Labute approximate surface area is 232 Å². The number of fused-ring (bicyclic) bond motifs is 1. The molecule has 0 bridgehead atoms. The molecule has 10 heteroatoms. The molecule has 0 aliphatic rings. The Morgan fingerprint density at radius 3 is 2.61 bits per heavy atom. The van der Waals surface area contributed by atoms with Gasteiger partial charge in [0.15, 0.2) is 11.0 Å². The molecule has 0 aliphatic carbocycles. The molecular weight excluding hydrogens is 537 g/mol. The van der Waals surface area contributed by atoms with Crippen molar-refractivity contribution in [2.45, 2.75) is 32.5 Å². The number of ether oxygens (including phenoxy) is 1. The molecule has 1 amide bonds. The molecule has 0 aliphatic heterocycles. The van der Waals surface area contributed by atoms with Crippen molar-refractivity contribution in [3.05, 3.63) is 69.9 Å². The van der Waals surface area contributed by atoms with Crippen molar-refractivity contribution in [2.24, 2.45) is 0 Å². The lowest BCUT2D eigenvalue weighted by Crippen LogP contribution is -2.16. The van der Waals surface area contributed by atoms with E-state index in [2.05, 4.69) is 33.0 Å². The van der Waals surface area contributed by atoms with Gasteiger partial charge in [-0.3, -0.25) is 4.79 Å². The number of aromatic nitrogens is 3. The summed E-state index contributed by atoms with van der Waals surface area (Å²) in [7, 11) is 1.35. The third-order valence-corrected chi connectivity index (χ3v) is 9.03. The number of anilines is 1. The second-order valence-corrected chi connectivity index (χ2v) is 11.4. The zero-order chi connectivity index (χ0) is 26.8. The highest BCUT2D eigenvalue weighted by Crippen LogP contribution is 2.38. The number of hydrogen-bond donors (Lipinski definition) is 1. The Balaban J connectivity index is 1.36. The Kier molecular flexibility index (Phi) is 7.64. The third kappa shape index (κ3) is 4.99. The number of aryl methyl sites for hydroxylation is 2. The van der Waals surface area contributed by atoms with Crippen LogP contribution in [0.15, 0.2) is 58.4 Å². The van der Waals surface area contributed by atoms with Crippen LogP contribution in [-0.4, -0.2) is 39.5 Å². The van der Waals surface area contributed by atoms with Gasteiger partial charge in [-0.2, -0.15) is 0 Å². The van der Waals surface area contributed by atoms with E-state index >= 15 is 0 Å². The van der Waals surface area contributed by atoms with Crippen molar-refractivity contribution in [1.82, 2.24) is 14.8 Å². The molecule has 194 valence electrons. The first-order chi connectivity index (χ1) is 18.4. The van der Waals surface area contributed by atoms with Crippen LogP contribution in [0.4, 0.5) is 5.00 Å². The molecule has 0 fully saturated rings. The van der Waals surface area contributed by atoms with Gasteiger partial charge in [0.05, 0.1) is 12.9 Å². The van der Waals surface area contributed by atoms with Crippen molar-refractivity contribution in [1.29, 1.82) is 0 Å². The third-order valence-electron chi connectivity index (χ3n) is 6.20. The monoisotopic (exact) mass is 562 g/mol. The van der Waals surface area contributed by atoms with Gasteiger partial charge in [-0.25, -0.2) is 4.79 Å². The summed E-state index contributed by atoms with van der Waals surface area (Å²) in [6.07, 6.45) is 0. The summed E-state index contributed by atoms with van der Waals surface area (Å²) >= 11 is 4.31. The highest BCUT2D eigenvalue weighted by Gasteiger charge is 2.24. The van der Waals surface area contributed by atoms with Gasteiger partial charge < -0.3 is 14.6 Å². The number of nitrogens with zero attached hydrogens (tertiary/aromatic N) is 3. The number of methoxy groups -OCH3 is 1. The summed E-state index contributed by atoms with van der Waals surface area (Å²) in [5.74, 6) is 0.197. The van der Waals surface area contributed by atoms with E-state index in [1.807, 2.05) is 61.1 Å². The first-order valence-corrected chi connectivity index (χ1v) is 14.8. The summed E-state index contributed by atoms with van der Waals surface area (Å²) in [5.41, 5.74) is 5.24. The summed E-state index contributed by atoms with van der Waals surface area (Å²) < 4.78 is 8.29. The molecule has 0 saturated heterocycles. The highest BCUT2D eigenvalue weighted by atomic mass is 32.2. The quantitative estimate of drug-likeness (QED) is 0.161. The van der Waals surface area contributed by atoms with Crippen LogP contribution < -0.4 is 5.32 Å². The van der Waals surface area contributed by atoms with E-state index in [1.54, 1.807) is 11.3 Å². The van der Waals surface area contributed by atoms with Gasteiger partial charge >= 0.3 is 5.97 Å². The molecule has 0 radical (unpaired) electrons. The number of rotatable bonds is 8.